The van der Waals surface area contributed by atoms with Gasteiger partial charge in [0.1, 0.15) is 11.2 Å². The fraction of sp³-hybridized carbons (Fsp3) is 0.0625. The van der Waals surface area contributed by atoms with E-state index in [0.717, 1.165) is 66.0 Å². The van der Waals surface area contributed by atoms with Gasteiger partial charge < -0.3 is 4.42 Å². The maximum Gasteiger partial charge on any atom is 0.238 e. The van der Waals surface area contributed by atoms with Crippen molar-refractivity contribution in [2.75, 3.05) is 0 Å². The Morgan fingerprint density at radius 2 is 1.08 bits per heavy atom. The summed E-state index contributed by atoms with van der Waals surface area (Å²) in [4.78, 5) is 15.7. The molecule has 53 heavy (non-hydrogen) atoms. The fourth-order valence-corrected chi connectivity index (χ4v) is 8.53. The molecule has 10 aromatic rings. The van der Waals surface area contributed by atoms with E-state index in [9.17, 15) is 0 Å². The summed E-state index contributed by atoms with van der Waals surface area (Å²) >= 11 is 0. The Kier molecular flexibility index (Phi) is 6.23. The van der Waals surface area contributed by atoms with E-state index in [0.29, 0.717) is 17.6 Å². The minimum absolute atomic E-state index is 0.154. The smallest absolute Gasteiger partial charge is 0.238 e. The zero-order valence-corrected chi connectivity index (χ0v) is 29.2. The van der Waals surface area contributed by atoms with Gasteiger partial charge in [0, 0.05) is 38.1 Å². The summed E-state index contributed by atoms with van der Waals surface area (Å²) in [5.74, 6) is 1.78. The van der Waals surface area contributed by atoms with Gasteiger partial charge in [-0.1, -0.05) is 135 Å². The van der Waals surface area contributed by atoms with Gasteiger partial charge in [-0.2, -0.15) is 9.97 Å². The summed E-state index contributed by atoms with van der Waals surface area (Å²) in [7, 11) is 0. The number of nitrogens with zero attached hydrogens (tertiary/aromatic N) is 4. The van der Waals surface area contributed by atoms with E-state index in [-0.39, 0.29) is 5.41 Å². The Hall–Kier alpha value is -6.85. The number of hydrogen-bond acceptors (Lipinski definition) is 4. The predicted octanol–water partition coefficient (Wildman–Crippen LogP) is 12.2. The van der Waals surface area contributed by atoms with Crippen LogP contribution in [-0.4, -0.2) is 19.5 Å². The molecule has 7 aromatic carbocycles. The van der Waals surface area contributed by atoms with Gasteiger partial charge in [-0.3, -0.25) is 4.57 Å². The summed E-state index contributed by atoms with van der Waals surface area (Å²) in [5.41, 5.74) is 12.8. The molecule has 3 aromatic heterocycles. The number of benzene rings is 7. The van der Waals surface area contributed by atoms with Crippen molar-refractivity contribution in [1.82, 2.24) is 19.5 Å². The minimum Gasteiger partial charge on any atom is -0.456 e. The van der Waals surface area contributed by atoms with Gasteiger partial charge in [-0.05, 0) is 69.8 Å². The van der Waals surface area contributed by atoms with Crippen molar-refractivity contribution in [2.45, 2.75) is 19.3 Å². The molecule has 5 nitrogen and oxygen atoms in total. The van der Waals surface area contributed by atoms with Gasteiger partial charge in [0.05, 0.1) is 11.0 Å². The Labute approximate surface area is 305 Å². The van der Waals surface area contributed by atoms with Gasteiger partial charge >= 0.3 is 0 Å². The van der Waals surface area contributed by atoms with Crippen LogP contribution in [0.3, 0.4) is 0 Å². The molecule has 0 unspecified atom stereocenters. The Morgan fingerprint density at radius 1 is 0.453 bits per heavy atom. The third-order valence-corrected chi connectivity index (χ3v) is 11.1. The van der Waals surface area contributed by atoms with Crippen molar-refractivity contribution in [2.24, 2.45) is 0 Å². The fourth-order valence-electron chi connectivity index (χ4n) is 8.53. The maximum atomic E-state index is 6.54. The summed E-state index contributed by atoms with van der Waals surface area (Å²) < 4.78 is 8.70. The SMILES string of the molecule is CC1(C)c2ccccc2-c2ccc(-c3nc(-c4ccc5c(c4)oc4cccc(-c6ccccc6)c45)nc(-n4c5ccccc5c5ccccc54)n3)cc21. The first-order valence-corrected chi connectivity index (χ1v) is 18.0. The van der Waals surface area contributed by atoms with E-state index >= 15 is 0 Å². The van der Waals surface area contributed by atoms with Crippen LogP contribution in [-0.2, 0) is 5.41 Å². The third kappa shape index (κ3) is 4.40. The lowest BCUT2D eigenvalue weighted by molar-refractivity contribution is 0.660. The van der Waals surface area contributed by atoms with E-state index in [4.69, 9.17) is 19.4 Å². The number of fused-ring (bicyclic) bond motifs is 9. The number of para-hydroxylation sites is 2. The van der Waals surface area contributed by atoms with Gasteiger partial charge in [-0.15, -0.1) is 0 Å². The molecule has 5 heteroatoms. The molecule has 0 aliphatic heterocycles. The van der Waals surface area contributed by atoms with E-state index < -0.39 is 0 Å². The van der Waals surface area contributed by atoms with Gasteiger partial charge in [0.25, 0.3) is 0 Å². The first-order chi connectivity index (χ1) is 26.0. The van der Waals surface area contributed by atoms with Crippen molar-refractivity contribution >= 4 is 43.7 Å². The topological polar surface area (TPSA) is 56.7 Å². The van der Waals surface area contributed by atoms with Crippen LogP contribution < -0.4 is 0 Å². The van der Waals surface area contributed by atoms with E-state index in [1.54, 1.807) is 0 Å². The number of rotatable bonds is 4. The Balaban J connectivity index is 1.14. The van der Waals surface area contributed by atoms with Crippen molar-refractivity contribution < 1.29 is 4.42 Å². The second-order valence-corrected chi connectivity index (χ2v) is 14.4. The van der Waals surface area contributed by atoms with E-state index in [1.165, 1.54) is 22.3 Å². The monoisotopic (exact) mass is 680 g/mol. The van der Waals surface area contributed by atoms with Crippen LogP contribution in [0.4, 0.5) is 0 Å². The summed E-state index contributed by atoms with van der Waals surface area (Å²) in [6.07, 6.45) is 0. The molecule has 0 saturated carbocycles. The zero-order valence-electron chi connectivity index (χ0n) is 29.2. The number of furan rings is 1. The second kappa shape index (κ2) is 11.1. The lowest BCUT2D eigenvalue weighted by Gasteiger charge is -2.21. The zero-order chi connectivity index (χ0) is 35.3. The molecular weight excluding hydrogens is 649 g/mol. The first-order valence-electron chi connectivity index (χ1n) is 18.0. The summed E-state index contributed by atoms with van der Waals surface area (Å²) in [6, 6.07) is 55.3. The molecule has 0 amide bonds. The van der Waals surface area contributed by atoms with Crippen molar-refractivity contribution in [1.29, 1.82) is 0 Å². The van der Waals surface area contributed by atoms with Gasteiger partial charge in [0.15, 0.2) is 11.6 Å². The molecule has 0 bridgehead atoms. The average Bonchev–Trinajstić information content (AvgIpc) is 3.83. The van der Waals surface area contributed by atoms with E-state index in [2.05, 4.69) is 164 Å². The predicted molar refractivity (Wildman–Crippen MR) is 215 cm³/mol. The van der Waals surface area contributed by atoms with Crippen LogP contribution in [0.2, 0.25) is 0 Å². The van der Waals surface area contributed by atoms with Crippen LogP contribution >= 0.6 is 0 Å². The van der Waals surface area contributed by atoms with Crippen molar-refractivity contribution in [3.63, 3.8) is 0 Å². The van der Waals surface area contributed by atoms with Crippen molar-refractivity contribution in [3.8, 4) is 51.0 Å². The largest absolute Gasteiger partial charge is 0.456 e. The summed E-state index contributed by atoms with van der Waals surface area (Å²) in [5, 5.41) is 4.47. The Bertz CT molecular complexity index is 3040. The van der Waals surface area contributed by atoms with E-state index in [1.807, 2.05) is 12.1 Å². The number of aromatic nitrogens is 4. The van der Waals surface area contributed by atoms with Crippen LogP contribution in [0, 0.1) is 0 Å². The van der Waals surface area contributed by atoms with Gasteiger partial charge in [-0.25, -0.2) is 4.98 Å². The van der Waals surface area contributed by atoms with Crippen LogP contribution in [0.5, 0.6) is 0 Å². The molecule has 0 radical (unpaired) electrons. The standard InChI is InChI=1S/C48H32N4O/c1-48(2)38-19-9-6-15-33(38)34-25-23-30(27-39(34)48)45-49-46(51-47(50-45)52-40-20-10-7-16-35(40)36-17-8-11-21-41(36)52)31-24-26-37-43(28-31)53-42-22-12-18-32(44(37)42)29-13-4-3-5-14-29/h3-28H,1-2H3. The maximum absolute atomic E-state index is 6.54. The molecule has 11 rings (SSSR count). The Morgan fingerprint density at radius 3 is 1.85 bits per heavy atom. The highest BCUT2D eigenvalue weighted by atomic mass is 16.3. The highest BCUT2D eigenvalue weighted by Gasteiger charge is 2.35. The van der Waals surface area contributed by atoms with Crippen molar-refractivity contribution in [3.05, 3.63) is 169 Å². The molecule has 0 fully saturated rings. The highest BCUT2D eigenvalue weighted by molar-refractivity contribution is 6.13. The average molecular weight is 681 g/mol. The summed E-state index contributed by atoms with van der Waals surface area (Å²) in [6.45, 7) is 4.60. The molecule has 3 heterocycles. The molecule has 250 valence electrons. The molecule has 1 aliphatic rings. The quantitative estimate of drug-likeness (QED) is 0.186. The molecule has 0 atom stereocenters. The van der Waals surface area contributed by atoms with Crippen LogP contribution in [0.15, 0.2) is 162 Å². The number of hydrogen-bond donors (Lipinski definition) is 0. The van der Waals surface area contributed by atoms with Crippen LogP contribution in [0.1, 0.15) is 25.0 Å². The van der Waals surface area contributed by atoms with Gasteiger partial charge in [0.2, 0.25) is 5.95 Å². The highest BCUT2D eigenvalue weighted by Crippen LogP contribution is 2.49. The van der Waals surface area contributed by atoms with Crippen LogP contribution in [0.25, 0.3) is 94.7 Å². The molecule has 1 aliphatic carbocycles. The lowest BCUT2D eigenvalue weighted by Crippen LogP contribution is -2.15. The lowest BCUT2D eigenvalue weighted by atomic mass is 9.82. The first kappa shape index (κ1) is 29.8. The molecule has 0 saturated heterocycles. The molecular formula is C48H32N4O. The molecule has 0 N–H and O–H groups in total. The normalized spacial score (nSPS) is 13.2. The minimum atomic E-state index is -0.154. The second-order valence-electron chi connectivity index (χ2n) is 14.4. The third-order valence-electron chi connectivity index (χ3n) is 11.1. The molecule has 0 spiro atoms.